The zero-order valence-corrected chi connectivity index (χ0v) is 12.8. The largest absolute Gasteiger partial charge is 0.290 e. The van der Waals surface area contributed by atoms with Crippen LogP contribution >= 0.6 is 11.8 Å². The Labute approximate surface area is 133 Å². The van der Waals surface area contributed by atoms with Crippen molar-refractivity contribution < 1.29 is 9.63 Å². The van der Waals surface area contributed by atoms with Gasteiger partial charge in [0.15, 0.2) is 0 Å². The fourth-order valence-corrected chi connectivity index (χ4v) is 3.41. The summed E-state index contributed by atoms with van der Waals surface area (Å²) in [5.74, 6) is 0.565. The highest BCUT2D eigenvalue weighted by Crippen LogP contribution is 2.32. The van der Waals surface area contributed by atoms with Crippen molar-refractivity contribution in [3.63, 3.8) is 0 Å². The van der Waals surface area contributed by atoms with Gasteiger partial charge in [0, 0.05) is 18.1 Å². The molecule has 2 unspecified atom stereocenters. The van der Waals surface area contributed by atoms with Gasteiger partial charge >= 0.3 is 0 Å². The summed E-state index contributed by atoms with van der Waals surface area (Å²) in [6.07, 6.45) is 3.56. The molecule has 114 valence electrons. The Balaban J connectivity index is 1.46. The van der Waals surface area contributed by atoms with Crippen LogP contribution in [-0.2, 0) is 16.2 Å². The third-order valence-electron chi connectivity index (χ3n) is 3.34. The van der Waals surface area contributed by atoms with Crippen LogP contribution in [0.15, 0.2) is 54.9 Å². The molecule has 0 spiro atoms. The van der Waals surface area contributed by atoms with Crippen molar-refractivity contribution >= 4 is 17.7 Å². The molecule has 1 fully saturated rings. The summed E-state index contributed by atoms with van der Waals surface area (Å²) in [4.78, 5) is 21.5. The van der Waals surface area contributed by atoms with Gasteiger partial charge in [-0.3, -0.25) is 19.9 Å². The highest BCUT2D eigenvalue weighted by molar-refractivity contribution is 7.99. The first-order valence-electron chi connectivity index (χ1n) is 7.06. The highest BCUT2D eigenvalue weighted by atomic mass is 32.2. The Kier molecular flexibility index (Phi) is 5.05. The summed E-state index contributed by atoms with van der Waals surface area (Å²) in [6, 6.07) is 13.4. The van der Waals surface area contributed by atoms with Gasteiger partial charge in [-0.15, -0.1) is 11.8 Å². The Morgan fingerprint density at radius 3 is 2.95 bits per heavy atom. The Bertz CT molecular complexity index is 609. The van der Waals surface area contributed by atoms with Crippen molar-refractivity contribution in [1.29, 1.82) is 0 Å². The molecule has 0 aliphatic carbocycles. The quantitative estimate of drug-likeness (QED) is 0.827. The molecule has 0 radical (unpaired) electrons. The van der Waals surface area contributed by atoms with Crippen molar-refractivity contribution in [3.05, 3.63) is 66.0 Å². The Morgan fingerprint density at radius 2 is 2.18 bits per heavy atom. The molecule has 1 aliphatic rings. The summed E-state index contributed by atoms with van der Waals surface area (Å²) in [5, 5.41) is 3.38. The molecule has 3 rings (SSSR count). The van der Waals surface area contributed by atoms with Crippen molar-refractivity contribution in [2.24, 2.45) is 0 Å². The van der Waals surface area contributed by atoms with E-state index >= 15 is 0 Å². The standard InChI is InChI=1S/C16H17N3O2S/c20-15(19-21-10-12-5-2-1-3-6-12)14-11-22-16(18-14)13-7-4-8-17-9-13/h1-9,14,16,18H,10-11H2,(H,19,20). The van der Waals surface area contributed by atoms with E-state index in [1.54, 1.807) is 18.0 Å². The second-order valence-corrected chi connectivity index (χ2v) is 6.10. The van der Waals surface area contributed by atoms with Crippen LogP contribution in [0.25, 0.3) is 0 Å². The van der Waals surface area contributed by atoms with Crippen molar-refractivity contribution in [2.75, 3.05) is 5.75 Å². The van der Waals surface area contributed by atoms with E-state index in [4.69, 9.17) is 4.84 Å². The van der Waals surface area contributed by atoms with Crippen LogP contribution < -0.4 is 10.8 Å². The molecular formula is C16H17N3O2S. The van der Waals surface area contributed by atoms with E-state index in [9.17, 15) is 4.79 Å². The first-order valence-corrected chi connectivity index (χ1v) is 8.11. The lowest BCUT2D eigenvalue weighted by Crippen LogP contribution is -2.42. The van der Waals surface area contributed by atoms with E-state index in [0.717, 1.165) is 11.1 Å². The number of hydrogen-bond donors (Lipinski definition) is 2. The predicted octanol–water partition coefficient (Wildman–Crippen LogP) is 2.03. The number of hydrogen-bond acceptors (Lipinski definition) is 5. The minimum absolute atomic E-state index is 0.0959. The first kappa shape index (κ1) is 15.0. The van der Waals surface area contributed by atoms with E-state index in [1.807, 2.05) is 48.7 Å². The fraction of sp³-hybridized carbons (Fsp3) is 0.250. The molecule has 22 heavy (non-hydrogen) atoms. The summed E-state index contributed by atoms with van der Waals surface area (Å²) in [6.45, 7) is 0.360. The average Bonchev–Trinajstić information content (AvgIpc) is 3.07. The van der Waals surface area contributed by atoms with Crippen molar-refractivity contribution in [3.8, 4) is 0 Å². The average molecular weight is 315 g/mol. The number of aromatic nitrogens is 1. The number of hydroxylamine groups is 1. The van der Waals surface area contributed by atoms with Gasteiger partial charge in [-0.1, -0.05) is 36.4 Å². The van der Waals surface area contributed by atoms with E-state index in [0.29, 0.717) is 12.4 Å². The predicted molar refractivity (Wildman–Crippen MR) is 85.7 cm³/mol. The summed E-state index contributed by atoms with van der Waals surface area (Å²) >= 11 is 1.69. The molecule has 1 aliphatic heterocycles. The zero-order valence-electron chi connectivity index (χ0n) is 11.9. The second-order valence-electron chi connectivity index (χ2n) is 4.96. The Morgan fingerprint density at radius 1 is 1.32 bits per heavy atom. The van der Waals surface area contributed by atoms with Crippen LogP contribution in [0.3, 0.4) is 0 Å². The molecule has 2 aromatic rings. The molecule has 1 aromatic carbocycles. The summed E-state index contributed by atoms with van der Waals surface area (Å²) in [5.41, 5.74) is 4.61. The van der Waals surface area contributed by atoms with Crippen LogP contribution in [0.4, 0.5) is 0 Å². The molecule has 6 heteroatoms. The molecule has 1 aromatic heterocycles. The van der Waals surface area contributed by atoms with E-state index in [1.165, 1.54) is 0 Å². The molecule has 1 saturated heterocycles. The van der Waals surface area contributed by atoms with E-state index in [-0.39, 0.29) is 17.3 Å². The number of pyridine rings is 1. The Hall–Kier alpha value is -1.89. The lowest BCUT2D eigenvalue weighted by Gasteiger charge is -2.13. The summed E-state index contributed by atoms with van der Waals surface area (Å²) < 4.78 is 0. The number of rotatable bonds is 5. The van der Waals surface area contributed by atoms with Gasteiger partial charge in [0.05, 0.1) is 18.0 Å². The molecule has 5 nitrogen and oxygen atoms in total. The van der Waals surface area contributed by atoms with Gasteiger partial charge in [0.1, 0.15) is 0 Å². The maximum atomic E-state index is 12.1. The van der Waals surface area contributed by atoms with Crippen molar-refractivity contribution in [1.82, 2.24) is 15.8 Å². The van der Waals surface area contributed by atoms with Gasteiger partial charge in [-0.25, -0.2) is 5.48 Å². The number of amides is 1. The third-order valence-corrected chi connectivity index (χ3v) is 4.61. The monoisotopic (exact) mass is 315 g/mol. The lowest BCUT2D eigenvalue weighted by atomic mass is 10.2. The SMILES string of the molecule is O=C(NOCc1ccccc1)C1CSC(c2cccnc2)N1. The van der Waals surface area contributed by atoms with Crippen LogP contribution in [0.5, 0.6) is 0 Å². The minimum Gasteiger partial charge on any atom is -0.290 e. The normalized spacial score (nSPS) is 20.7. The second kappa shape index (κ2) is 7.40. The molecule has 0 saturated carbocycles. The molecule has 0 bridgehead atoms. The van der Waals surface area contributed by atoms with Gasteiger partial charge in [-0.05, 0) is 17.2 Å². The maximum Gasteiger partial charge on any atom is 0.261 e. The maximum absolute atomic E-state index is 12.1. The number of nitrogens with one attached hydrogen (secondary N) is 2. The van der Waals surface area contributed by atoms with Crippen molar-refractivity contribution in [2.45, 2.75) is 18.0 Å². The van der Waals surface area contributed by atoms with Gasteiger partial charge in [-0.2, -0.15) is 0 Å². The van der Waals surface area contributed by atoms with Gasteiger partial charge < -0.3 is 0 Å². The number of nitrogens with zero attached hydrogens (tertiary/aromatic N) is 1. The van der Waals surface area contributed by atoms with E-state index in [2.05, 4.69) is 15.8 Å². The number of thioether (sulfide) groups is 1. The molecular weight excluding hydrogens is 298 g/mol. The minimum atomic E-state index is -0.258. The third kappa shape index (κ3) is 3.85. The van der Waals surface area contributed by atoms with Crippen LogP contribution in [0.2, 0.25) is 0 Å². The first-order chi connectivity index (χ1) is 10.8. The summed E-state index contributed by atoms with van der Waals surface area (Å²) in [7, 11) is 0. The van der Waals surface area contributed by atoms with Gasteiger partial charge in [0.2, 0.25) is 0 Å². The number of carbonyl (C=O) groups excluding carboxylic acids is 1. The van der Waals surface area contributed by atoms with Crippen LogP contribution in [0, 0.1) is 0 Å². The van der Waals surface area contributed by atoms with Crippen LogP contribution in [0.1, 0.15) is 16.5 Å². The molecule has 2 heterocycles. The molecule has 2 N–H and O–H groups in total. The lowest BCUT2D eigenvalue weighted by molar-refractivity contribution is -0.136. The smallest absolute Gasteiger partial charge is 0.261 e. The number of carbonyl (C=O) groups is 1. The number of benzene rings is 1. The topological polar surface area (TPSA) is 63.2 Å². The molecule has 2 atom stereocenters. The highest BCUT2D eigenvalue weighted by Gasteiger charge is 2.30. The van der Waals surface area contributed by atoms with Gasteiger partial charge in [0.25, 0.3) is 5.91 Å². The fourth-order valence-electron chi connectivity index (χ4n) is 2.18. The van der Waals surface area contributed by atoms with Crippen LogP contribution in [-0.4, -0.2) is 22.7 Å². The molecule has 1 amide bonds. The zero-order chi connectivity index (χ0) is 15.2. The van der Waals surface area contributed by atoms with E-state index < -0.39 is 0 Å².